The second-order valence-corrected chi connectivity index (χ2v) is 5.84. The van der Waals surface area contributed by atoms with Gasteiger partial charge in [0.25, 0.3) is 0 Å². The van der Waals surface area contributed by atoms with Crippen LogP contribution in [-0.4, -0.2) is 11.8 Å². The molecule has 1 N–H and O–H groups in total. The van der Waals surface area contributed by atoms with Crippen LogP contribution in [0.2, 0.25) is 0 Å². The summed E-state index contributed by atoms with van der Waals surface area (Å²) >= 11 is 5.79. The predicted molar refractivity (Wildman–Crippen MR) is 77.0 cm³/mol. The number of halogens is 1. The second kappa shape index (κ2) is 5.75. The number of carbonyl (C=O) groups excluding carboxylic acids is 1. The van der Waals surface area contributed by atoms with E-state index < -0.39 is 5.41 Å². The Morgan fingerprint density at radius 2 is 1.72 bits per heavy atom. The molecule has 0 atom stereocenters. The van der Waals surface area contributed by atoms with E-state index in [0.29, 0.717) is 12.4 Å². The third-order valence-electron chi connectivity index (χ3n) is 3.21. The van der Waals surface area contributed by atoms with Crippen LogP contribution in [0.15, 0.2) is 12.1 Å². The zero-order valence-electron chi connectivity index (χ0n) is 11.9. The molecule has 0 aliphatic rings. The largest absolute Gasteiger partial charge is 0.352 e. The summed E-state index contributed by atoms with van der Waals surface area (Å²) in [5, 5.41) is 2.97. The van der Waals surface area contributed by atoms with Crippen LogP contribution in [0.3, 0.4) is 0 Å². The highest BCUT2D eigenvalue weighted by molar-refractivity contribution is 6.19. The lowest BCUT2D eigenvalue weighted by Gasteiger charge is -2.21. The first-order valence-corrected chi connectivity index (χ1v) is 6.72. The Labute approximate surface area is 115 Å². The predicted octanol–water partition coefficient (Wildman–Crippen LogP) is 3.49. The summed E-state index contributed by atoms with van der Waals surface area (Å²) in [6.07, 6.45) is 0. The molecule has 1 aromatic rings. The lowest BCUT2D eigenvalue weighted by Crippen LogP contribution is -2.37. The fraction of sp³-hybridized carbons (Fsp3) is 0.533. The Hall–Kier alpha value is -1.02. The molecule has 0 aliphatic carbocycles. The lowest BCUT2D eigenvalue weighted by molar-refractivity contribution is -0.128. The Morgan fingerprint density at radius 3 is 2.17 bits per heavy atom. The normalized spacial score (nSPS) is 11.4. The summed E-state index contributed by atoms with van der Waals surface area (Å²) < 4.78 is 0. The van der Waals surface area contributed by atoms with Gasteiger partial charge in [0, 0.05) is 12.4 Å². The average Bonchev–Trinajstić information content (AvgIpc) is 2.27. The summed E-state index contributed by atoms with van der Waals surface area (Å²) in [5.74, 6) is 0.321. The molecule has 0 unspecified atom stereocenters. The quantitative estimate of drug-likeness (QED) is 0.832. The number of rotatable bonds is 4. The summed E-state index contributed by atoms with van der Waals surface area (Å²) in [6, 6.07) is 4.28. The minimum absolute atomic E-state index is 0.00289. The van der Waals surface area contributed by atoms with Crippen LogP contribution >= 0.6 is 11.6 Å². The highest BCUT2D eigenvalue weighted by atomic mass is 35.5. The monoisotopic (exact) mass is 267 g/mol. The van der Waals surface area contributed by atoms with Crippen molar-refractivity contribution in [2.24, 2.45) is 5.41 Å². The minimum atomic E-state index is -0.520. The van der Waals surface area contributed by atoms with Crippen molar-refractivity contribution < 1.29 is 4.79 Å². The molecule has 0 heterocycles. The van der Waals surface area contributed by atoms with Gasteiger partial charge in [0.05, 0.1) is 5.41 Å². The van der Waals surface area contributed by atoms with E-state index in [-0.39, 0.29) is 5.91 Å². The fourth-order valence-electron chi connectivity index (χ4n) is 1.96. The smallest absolute Gasteiger partial charge is 0.227 e. The van der Waals surface area contributed by atoms with Gasteiger partial charge in [-0.15, -0.1) is 11.6 Å². The molecule has 100 valence electrons. The number of alkyl halides is 1. The van der Waals surface area contributed by atoms with Gasteiger partial charge in [0.1, 0.15) is 0 Å². The maximum atomic E-state index is 12.0. The van der Waals surface area contributed by atoms with Crippen molar-refractivity contribution in [3.05, 3.63) is 34.4 Å². The molecule has 1 aromatic carbocycles. The highest BCUT2D eigenvalue weighted by Gasteiger charge is 2.26. The van der Waals surface area contributed by atoms with Crippen molar-refractivity contribution in [1.29, 1.82) is 0 Å². The molecule has 1 rings (SSSR count). The molecule has 0 radical (unpaired) electrons. The third kappa shape index (κ3) is 3.49. The van der Waals surface area contributed by atoms with E-state index in [1.54, 1.807) is 0 Å². The second-order valence-electron chi connectivity index (χ2n) is 5.58. The number of amides is 1. The van der Waals surface area contributed by atoms with Gasteiger partial charge < -0.3 is 5.32 Å². The summed E-state index contributed by atoms with van der Waals surface area (Å²) in [6.45, 7) is 10.5. The number of carbonyl (C=O) groups is 1. The summed E-state index contributed by atoms with van der Waals surface area (Å²) in [7, 11) is 0. The Bertz CT molecular complexity index is 429. The van der Waals surface area contributed by atoms with Crippen molar-refractivity contribution in [2.45, 2.75) is 41.2 Å². The van der Waals surface area contributed by atoms with Gasteiger partial charge in [-0.3, -0.25) is 4.79 Å². The molecule has 0 saturated carbocycles. The van der Waals surface area contributed by atoms with Gasteiger partial charge in [-0.2, -0.15) is 0 Å². The average molecular weight is 268 g/mol. The molecule has 3 heteroatoms. The van der Waals surface area contributed by atoms with Crippen LogP contribution in [0.5, 0.6) is 0 Å². The molecule has 0 saturated heterocycles. The van der Waals surface area contributed by atoms with Gasteiger partial charge in [-0.05, 0) is 51.3 Å². The van der Waals surface area contributed by atoms with E-state index in [4.69, 9.17) is 11.6 Å². The Balaban J connectivity index is 2.79. The van der Waals surface area contributed by atoms with E-state index in [2.05, 4.69) is 38.2 Å². The zero-order chi connectivity index (χ0) is 13.9. The molecule has 1 amide bonds. The van der Waals surface area contributed by atoms with Gasteiger partial charge in [0.15, 0.2) is 0 Å². The van der Waals surface area contributed by atoms with Gasteiger partial charge in [-0.25, -0.2) is 0 Å². The number of aryl methyl sites for hydroxylation is 3. The molecular formula is C15H22ClNO. The summed E-state index contributed by atoms with van der Waals surface area (Å²) in [4.78, 5) is 12.0. The first-order valence-electron chi connectivity index (χ1n) is 6.19. The van der Waals surface area contributed by atoms with E-state index in [9.17, 15) is 4.79 Å². The van der Waals surface area contributed by atoms with Crippen LogP contribution < -0.4 is 5.32 Å². The topological polar surface area (TPSA) is 29.1 Å². The van der Waals surface area contributed by atoms with Crippen molar-refractivity contribution >= 4 is 17.5 Å². The molecule has 0 spiro atoms. The Morgan fingerprint density at radius 1 is 1.22 bits per heavy atom. The Kier molecular flexibility index (Phi) is 4.80. The lowest BCUT2D eigenvalue weighted by atomic mass is 9.94. The van der Waals surface area contributed by atoms with Gasteiger partial charge >= 0.3 is 0 Å². The maximum absolute atomic E-state index is 12.0. The van der Waals surface area contributed by atoms with Gasteiger partial charge in [-0.1, -0.05) is 17.7 Å². The number of hydrogen-bond acceptors (Lipinski definition) is 1. The van der Waals surface area contributed by atoms with E-state index in [1.807, 2.05) is 13.8 Å². The van der Waals surface area contributed by atoms with Gasteiger partial charge in [0.2, 0.25) is 5.91 Å². The SMILES string of the molecule is Cc1cc(C)c(CNC(=O)C(C)(C)CCl)c(C)c1. The number of hydrogen-bond donors (Lipinski definition) is 1. The van der Waals surface area contributed by atoms with Crippen LogP contribution in [0, 0.1) is 26.2 Å². The zero-order valence-corrected chi connectivity index (χ0v) is 12.6. The first kappa shape index (κ1) is 15.0. The number of benzene rings is 1. The molecule has 0 fully saturated rings. The highest BCUT2D eigenvalue weighted by Crippen LogP contribution is 2.19. The number of nitrogens with one attached hydrogen (secondary N) is 1. The molecule has 0 aromatic heterocycles. The molecular weight excluding hydrogens is 246 g/mol. The molecule has 0 aliphatic heterocycles. The van der Waals surface area contributed by atoms with Crippen LogP contribution in [-0.2, 0) is 11.3 Å². The molecule has 18 heavy (non-hydrogen) atoms. The van der Waals surface area contributed by atoms with Crippen LogP contribution in [0.1, 0.15) is 36.1 Å². The third-order valence-corrected chi connectivity index (χ3v) is 3.88. The maximum Gasteiger partial charge on any atom is 0.227 e. The van der Waals surface area contributed by atoms with E-state index >= 15 is 0 Å². The minimum Gasteiger partial charge on any atom is -0.352 e. The van der Waals surface area contributed by atoms with Crippen LogP contribution in [0.4, 0.5) is 0 Å². The fourth-order valence-corrected chi connectivity index (χ4v) is 2.08. The van der Waals surface area contributed by atoms with Crippen molar-refractivity contribution in [3.8, 4) is 0 Å². The van der Waals surface area contributed by atoms with Crippen molar-refractivity contribution in [2.75, 3.05) is 5.88 Å². The standard InChI is InChI=1S/C15H22ClNO/c1-10-6-11(2)13(12(3)7-10)8-17-14(18)15(4,5)9-16/h6-7H,8-9H2,1-5H3,(H,17,18). The first-order chi connectivity index (χ1) is 8.27. The van der Waals surface area contributed by atoms with Crippen molar-refractivity contribution in [3.63, 3.8) is 0 Å². The van der Waals surface area contributed by atoms with Crippen molar-refractivity contribution in [1.82, 2.24) is 5.32 Å². The molecule has 0 bridgehead atoms. The van der Waals surface area contributed by atoms with E-state index in [0.717, 1.165) is 0 Å². The van der Waals surface area contributed by atoms with E-state index in [1.165, 1.54) is 22.3 Å². The molecule has 2 nitrogen and oxygen atoms in total. The van der Waals surface area contributed by atoms with Crippen LogP contribution in [0.25, 0.3) is 0 Å². The summed E-state index contributed by atoms with van der Waals surface area (Å²) in [5.41, 5.74) is 4.36.